The Bertz CT molecular complexity index is 1180. The minimum absolute atomic E-state index is 0.0382. The van der Waals surface area contributed by atoms with Crippen molar-refractivity contribution in [2.45, 2.75) is 26.2 Å². The van der Waals surface area contributed by atoms with Crippen LogP contribution in [0.3, 0.4) is 0 Å². The lowest BCUT2D eigenvalue weighted by Gasteiger charge is -2.36. The summed E-state index contributed by atoms with van der Waals surface area (Å²) in [4.78, 5) is 38.1. The summed E-state index contributed by atoms with van der Waals surface area (Å²) in [5, 5.41) is 4.74. The molecule has 2 unspecified atom stereocenters. The number of thiophene rings is 1. The number of fused-ring (bicyclic) bond motifs is 3. The molecule has 1 N–H and O–H groups in total. The standard InChI is InChI=1S/C27H31N5O2S/c1-18-17-21-24(28-22-9-4-5-10-23(22)29-25(21)35-18)31-15-13-30(14-16-31)11-6-12-32-26(33)19-7-2-3-8-20(19)27(32)34/h2-5,9-10,17,19-20,29H,6-8,11-16H2,1H3. The number of allylic oxidation sites excluding steroid dienone is 2. The molecule has 8 heteroatoms. The molecule has 6 rings (SSSR count). The molecule has 2 fully saturated rings. The van der Waals surface area contributed by atoms with E-state index in [0.29, 0.717) is 19.4 Å². The Kier molecular flexibility index (Phi) is 5.94. The Morgan fingerprint density at radius 1 is 1.00 bits per heavy atom. The third-order valence-electron chi connectivity index (χ3n) is 7.60. The topological polar surface area (TPSA) is 68.2 Å². The Balaban J connectivity index is 1.07. The molecule has 2 aromatic rings. The molecular formula is C27H31N5O2S. The normalized spacial score (nSPS) is 24.0. The van der Waals surface area contributed by atoms with Gasteiger partial charge in [-0.15, -0.1) is 11.3 Å². The van der Waals surface area contributed by atoms with Gasteiger partial charge in [-0.05, 0) is 50.9 Å². The van der Waals surface area contributed by atoms with Gasteiger partial charge in [-0.1, -0.05) is 24.3 Å². The van der Waals surface area contributed by atoms with Crippen molar-refractivity contribution in [1.29, 1.82) is 0 Å². The van der Waals surface area contributed by atoms with Gasteiger partial charge in [-0.25, -0.2) is 4.99 Å². The number of rotatable bonds is 4. The van der Waals surface area contributed by atoms with E-state index >= 15 is 0 Å². The molecule has 0 radical (unpaired) electrons. The number of carbonyl (C=O) groups is 2. The van der Waals surface area contributed by atoms with Gasteiger partial charge in [0.2, 0.25) is 11.8 Å². The second-order valence-corrected chi connectivity index (χ2v) is 11.1. The second kappa shape index (κ2) is 9.24. The predicted octanol–water partition coefficient (Wildman–Crippen LogP) is 4.15. The van der Waals surface area contributed by atoms with Crippen LogP contribution in [0.1, 0.15) is 29.7 Å². The number of amidine groups is 1. The Morgan fingerprint density at radius 3 is 2.46 bits per heavy atom. The maximum absolute atomic E-state index is 12.7. The number of para-hydroxylation sites is 2. The van der Waals surface area contributed by atoms with Gasteiger partial charge in [-0.3, -0.25) is 19.4 Å². The van der Waals surface area contributed by atoms with Gasteiger partial charge in [0.25, 0.3) is 0 Å². The number of hydrogen-bond donors (Lipinski definition) is 1. The summed E-state index contributed by atoms with van der Waals surface area (Å²) in [6.45, 7) is 7.30. The SMILES string of the molecule is Cc1cc2c(s1)Nc1ccccc1N=C2N1CCN(CCCN2C(=O)C3CC=CCC3C2=O)CC1. The number of piperazine rings is 1. The molecule has 0 bridgehead atoms. The van der Waals surface area contributed by atoms with Crippen molar-refractivity contribution in [2.24, 2.45) is 16.8 Å². The first-order valence-electron chi connectivity index (χ1n) is 12.6. The Morgan fingerprint density at radius 2 is 1.71 bits per heavy atom. The van der Waals surface area contributed by atoms with E-state index in [1.807, 2.05) is 24.3 Å². The average molecular weight is 490 g/mol. The summed E-state index contributed by atoms with van der Waals surface area (Å²) >= 11 is 1.77. The maximum Gasteiger partial charge on any atom is 0.233 e. The quantitative estimate of drug-likeness (QED) is 0.516. The summed E-state index contributed by atoms with van der Waals surface area (Å²) in [6.07, 6.45) is 6.34. The molecule has 2 atom stereocenters. The van der Waals surface area contributed by atoms with Crippen molar-refractivity contribution in [2.75, 3.05) is 44.6 Å². The van der Waals surface area contributed by atoms with Crippen LogP contribution in [0.2, 0.25) is 0 Å². The highest BCUT2D eigenvalue weighted by Gasteiger charge is 2.46. The zero-order valence-corrected chi connectivity index (χ0v) is 20.9. The highest BCUT2D eigenvalue weighted by atomic mass is 32.1. The molecule has 1 aromatic heterocycles. The number of anilines is 2. The van der Waals surface area contributed by atoms with Crippen LogP contribution in [0.4, 0.5) is 16.4 Å². The fourth-order valence-electron chi connectivity index (χ4n) is 5.71. The number of likely N-dealkylation sites (tertiary alicyclic amines) is 1. The van der Waals surface area contributed by atoms with Gasteiger partial charge in [0, 0.05) is 37.6 Å². The van der Waals surface area contributed by atoms with Gasteiger partial charge < -0.3 is 10.2 Å². The van der Waals surface area contributed by atoms with Gasteiger partial charge in [-0.2, -0.15) is 0 Å². The number of amides is 2. The van der Waals surface area contributed by atoms with E-state index in [9.17, 15) is 9.59 Å². The lowest BCUT2D eigenvalue weighted by atomic mass is 9.85. The van der Waals surface area contributed by atoms with Gasteiger partial charge in [0.1, 0.15) is 10.8 Å². The van der Waals surface area contributed by atoms with Crippen molar-refractivity contribution in [3.05, 3.63) is 52.9 Å². The van der Waals surface area contributed by atoms with E-state index in [4.69, 9.17) is 4.99 Å². The summed E-state index contributed by atoms with van der Waals surface area (Å²) in [5.74, 6) is 0.877. The largest absolute Gasteiger partial charge is 0.353 e. The number of aryl methyl sites for hydroxylation is 1. The Hall–Kier alpha value is -2.97. The molecule has 182 valence electrons. The van der Waals surface area contributed by atoms with Crippen LogP contribution in [0.5, 0.6) is 0 Å². The number of carbonyl (C=O) groups excluding carboxylic acids is 2. The smallest absolute Gasteiger partial charge is 0.233 e. The predicted molar refractivity (Wildman–Crippen MR) is 140 cm³/mol. The minimum atomic E-state index is -0.123. The van der Waals surface area contributed by atoms with Gasteiger partial charge in [0.05, 0.1) is 28.8 Å². The molecule has 0 saturated carbocycles. The molecule has 4 heterocycles. The summed E-state index contributed by atoms with van der Waals surface area (Å²) in [6, 6.07) is 10.5. The third-order valence-corrected chi connectivity index (χ3v) is 8.57. The first-order chi connectivity index (χ1) is 17.1. The number of imide groups is 1. The third kappa shape index (κ3) is 4.19. The molecule has 7 nitrogen and oxygen atoms in total. The van der Waals surface area contributed by atoms with Crippen LogP contribution in [0.25, 0.3) is 0 Å². The fraction of sp³-hybridized carbons (Fsp3) is 0.444. The molecule has 4 aliphatic rings. The molecule has 1 aromatic carbocycles. The summed E-state index contributed by atoms with van der Waals surface area (Å²) in [5.41, 5.74) is 3.20. The van der Waals surface area contributed by atoms with Crippen LogP contribution in [-0.4, -0.2) is 71.6 Å². The van der Waals surface area contributed by atoms with E-state index in [0.717, 1.165) is 61.4 Å². The van der Waals surface area contributed by atoms with E-state index in [2.05, 4.69) is 40.2 Å². The van der Waals surface area contributed by atoms with Crippen LogP contribution in [0, 0.1) is 18.8 Å². The highest BCUT2D eigenvalue weighted by molar-refractivity contribution is 7.16. The van der Waals surface area contributed by atoms with E-state index in [1.165, 1.54) is 15.3 Å². The zero-order chi connectivity index (χ0) is 23.9. The summed E-state index contributed by atoms with van der Waals surface area (Å²) in [7, 11) is 0. The minimum Gasteiger partial charge on any atom is -0.353 e. The maximum atomic E-state index is 12.7. The van der Waals surface area contributed by atoms with Crippen molar-refractivity contribution >= 4 is 45.4 Å². The van der Waals surface area contributed by atoms with Crippen LogP contribution >= 0.6 is 11.3 Å². The molecule has 0 spiro atoms. The molecule has 2 amide bonds. The van der Waals surface area contributed by atoms with Crippen molar-refractivity contribution < 1.29 is 9.59 Å². The number of hydrogen-bond acceptors (Lipinski definition) is 7. The number of benzene rings is 1. The molecule has 1 aliphatic carbocycles. The first kappa shape index (κ1) is 22.5. The first-order valence-corrected chi connectivity index (χ1v) is 13.4. The number of nitrogens with zero attached hydrogens (tertiary/aromatic N) is 4. The number of nitrogens with one attached hydrogen (secondary N) is 1. The second-order valence-electron chi connectivity index (χ2n) is 9.84. The molecule has 2 saturated heterocycles. The lowest BCUT2D eigenvalue weighted by molar-refractivity contribution is -0.140. The van der Waals surface area contributed by atoms with Gasteiger partial charge in [0.15, 0.2) is 0 Å². The number of aliphatic imine (C=N–C) groups is 1. The Labute approximate surface area is 210 Å². The van der Waals surface area contributed by atoms with E-state index in [-0.39, 0.29) is 23.7 Å². The van der Waals surface area contributed by atoms with Crippen LogP contribution < -0.4 is 5.32 Å². The van der Waals surface area contributed by atoms with E-state index < -0.39 is 0 Å². The van der Waals surface area contributed by atoms with Crippen LogP contribution in [-0.2, 0) is 9.59 Å². The monoisotopic (exact) mass is 489 g/mol. The van der Waals surface area contributed by atoms with Crippen molar-refractivity contribution in [3.63, 3.8) is 0 Å². The molecule has 35 heavy (non-hydrogen) atoms. The zero-order valence-electron chi connectivity index (χ0n) is 20.1. The lowest BCUT2D eigenvalue weighted by Crippen LogP contribution is -2.49. The van der Waals surface area contributed by atoms with Crippen molar-refractivity contribution in [3.8, 4) is 0 Å². The highest BCUT2D eigenvalue weighted by Crippen LogP contribution is 2.39. The van der Waals surface area contributed by atoms with Crippen molar-refractivity contribution in [1.82, 2.24) is 14.7 Å². The molecular weight excluding hydrogens is 458 g/mol. The van der Waals surface area contributed by atoms with Gasteiger partial charge >= 0.3 is 0 Å². The molecule has 3 aliphatic heterocycles. The average Bonchev–Trinajstić information content (AvgIpc) is 3.30. The fourth-order valence-corrected chi connectivity index (χ4v) is 6.63. The van der Waals surface area contributed by atoms with Crippen LogP contribution in [0.15, 0.2) is 47.5 Å². The summed E-state index contributed by atoms with van der Waals surface area (Å²) < 4.78 is 0. The van der Waals surface area contributed by atoms with E-state index in [1.54, 1.807) is 11.3 Å².